The third kappa shape index (κ3) is 4.80. The van der Waals surface area contributed by atoms with Gasteiger partial charge in [-0.25, -0.2) is 0 Å². The summed E-state index contributed by atoms with van der Waals surface area (Å²) >= 11 is 0. The Bertz CT molecular complexity index is 965. The standard InChI is InChI=1S/C18H16N4.C3H6O.C2H6/c1-12-7-9-14(10-8-12)18-15-5-3-4-6-16(15)22-13(2)20-21-17(22)11-19-18;1-3(2)4;1-2/h3-10H,11H2,1-2H3;1-2H3;1-2H3. The second-order valence-electron chi connectivity index (χ2n) is 6.46. The Kier molecular flexibility index (Phi) is 7.38. The van der Waals surface area contributed by atoms with Crippen molar-refractivity contribution in [2.24, 2.45) is 4.99 Å². The fraction of sp³-hybridized carbons (Fsp3) is 0.304. The Labute approximate surface area is 167 Å². The molecule has 0 aliphatic carbocycles. The largest absolute Gasteiger partial charge is 0.300 e. The molecule has 0 bridgehead atoms. The van der Waals surface area contributed by atoms with E-state index in [1.807, 2.05) is 32.9 Å². The molecule has 0 saturated carbocycles. The summed E-state index contributed by atoms with van der Waals surface area (Å²) in [6.45, 7) is 11.7. The van der Waals surface area contributed by atoms with Crippen LogP contribution in [0.25, 0.3) is 5.69 Å². The van der Waals surface area contributed by atoms with Crippen LogP contribution in [0.2, 0.25) is 0 Å². The van der Waals surface area contributed by atoms with Crippen molar-refractivity contribution in [2.75, 3.05) is 0 Å². The van der Waals surface area contributed by atoms with Crippen molar-refractivity contribution in [3.8, 4) is 5.69 Å². The number of aromatic nitrogens is 3. The first-order chi connectivity index (χ1) is 13.5. The normalized spacial score (nSPS) is 11.4. The smallest absolute Gasteiger partial charge is 0.159 e. The van der Waals surface area contributed by atoms with Gasteiger partial charge in [0, 0.05) is 11.1 Å². The molecule has 146 valence electrons. The van der Waals surface area contributed by atoms with Crippen molar-refractivity contribution in [2.45, 2.75) is 48.1 Å². The minimum Gasteiger partial charge on any atom is -0.300 e. The number of para-hydroxylation sites is 1. The number of ketones is 1. The lowest BCUT2D eigenvalue weighted by atomic mass is 9.99. The molecule has 28 heavy (non-hydrogen) atoms. The Morgan fingerprint density at radius 2 is 1.54 bits per heavy atom. The highest BCUT2D eigenvalue weighted by atomic mass is 16.1. The lowest BCUT2D eigenvalue weighted by Gasteiger charge is -2.12. The number of nitrogens with zero attached hydrogens (tertiary/aromatic N) is 4. The minimum absolute atomic E-state index is 0.167. The van der Waals surface area contributed by atoms with Gasteiger partial charge in [-0.1, -0.05) is 61.9 Å². The number of Topliss-reactive ketones (excluding diaryl/α,β-unsaturated/α-hetero) is 1. The van der Waals surface area contributed by atoms with Crippen LogP contribution in [-0.2, 0) is 11.3 Å². The number of hydrogen-bond donors (Lipinski definition) is 0. The summed E-state index contributed by atoms with van der Waals surface area (Å²) in [7, 11) is 0. The van der Waals surface area contributed by atoms with E-state index in [-0.39, 0.29) is 5.78 Å². The van der Waals surface area contributed by atoms with Gasteiger partial charge in [-0.2, -0.15) is 0 Å². The van der Waals surface area contributed by atoms with Crippen LogP contribution in [-0.4, -0.2) is 26.3 Å². The quantitative estimate of drug-likeness (QED) is 0.609. The first-order valence-corrected chi connectivity index (χ1v) is 9.56. The summed E-state index contributed by atoms with van der Waals surface area (Å²) in [6.07, 6.45) is 0. The summed E-state index contributed by atoms with van der Waals surface area (Å²) < 4.78 is 2.10. The van der Waals surface area contributed by atoms with Crippen molar-refractivity contribution >= 4 is 11.5 Å². The average molecular weight is 377 g/mol. The van der Waals surface area contributed by atoms with Gasteiger partial charge >= 0.3 is 0 Å². The van der Waals surface area contributed by atoms with Crippen LogP contribution in [0.5, 0.6) is 0 Å². The number of hydrogen-bond acceptors (Lipinski definition) is 4. The number of fused-ring (bicyclic) bond motifs is 3. The summed E-state index contributed by atoms with van der Waals surface area (Å²) in [5.41, 5.74) is 5.61. The molecule has 2 aromatic carbocycles. The van der Waals surface area contributed by atoms with Gasteiger partial charge in [-0.3, -0.25) is 9.56 Å². The van der Waals surface area contributed by atoms with Crippen molar-refractivity contribution in [1.29, 1.82) is 0 Å². The molecule has 0 spiro atoms. The Hall–Kier alpha value is -3.08. The predicted octanol–water partition coefficient (Wildman–Crippen LogP) is 4.86. The molecule has 1 aliphatic heterocycles. The van der Waals surface area contributed by atoms with E-state index in [0.717, 1.165) is 34.2 Å². The Morgan fingerprint density at radius 3 is 2.18 bits per heavy atom. The van der Waals surface area contributed by atoms with Crippen LogP contribution < -0.4 is 0 Å². The molecule has 1 aromatic heterocycles. The molecule has 5 heteroatoms. The van der Waals surface area contributed by atoms with Gasteiger partial charge in [0.1, 0.15) is 18.2 Å². The lowest BCUT2D eigenvalue weighted by molar-refractivity contribution is -0.114. The van der Waals surface area contributed by atoms with E-state index < -0.39 is 0 Å². The third-order valence-corrected chi connectivity index (χ3v) is 4.00. The zero-order valence-corrected chi connectivity index (χ0v) is 17.5. The third-order valence-electron chi connectivity index (χ3n) is 4.00. The number of carbonyl (C=O) groups is 1. The summed E-state index contributed by atoms with van der Waals surface area (Å²) in [4.78, 5) is 14.3. The Balaban J connectivity index is 0.000000419. The first-order valence-electron chi connectivity index (χ1n) is 9.56. The van der Waals surface area contributed by atoms with Gasteiger partial charge in [0.15, 0.2) is 5.82 Å². The number of rotatable bonds is 1. The topological polar surface area (TPSA) is 60.1 Å². The molecule has 0 amide bonds. The first kappa shape index (κ1) is 21.2. The Morgan fingerprint density at radius 1 is 0.929 bits per heavy atom. The fourth-order valence-corrected chi connectivity index (χ4v) is 2.88. The molecule has 0 saturated heterocycles. The molecule has 4 rings (SSSR count). The van der Waals surface area contributed by atoms with Crippen LogP contribution in [0.3, 0.4) is 0 Å². The maximum absolute atomic E-state index is 9.44. The van der Waals surface area contributed by atoms with Gasteiger partial charge in [0.2, 0.25) is 0 Å². The van der Waals surface area contributed by atoms with Crippen molar-refractivity contribution in [1.82, 2.24) is 14.8 Å². The highest BCUT2D eigenvalue weighted by Gasteiger charge is 2.20. The van der Waals surface area contributed by atoms with Gasteiger partial charge in [0.05, 0.1) is 11.4 Å². The molecule has 5 nitrogen and oxygen atoms in total. The second-order valence-corrected chi connectivity index (χ2v) is 6.46. The molecule has 0 fully saturated rings. The highest BCUT2D eigenvalue weighted by Crippen LogP contribution is 2.25. The molecule has 0 N–H and O–H groups in total. The van der Waals surface area contributed by atoms with E-state index in [2.05, 4.69) is 58.1 Å². The van der Waals surface area contributed by atoms with Crippen LogP contribution in [0, 0.1) is 13.8 Å². The number of aliphatic imine (C=N–C) groups is 1. The minimum atomic E-state index is 0.167. The summed E-state index contributed by atoms with van der Waals surface area (Å²) in [5.74, 6) is 1.94. The maximum atomic E-state index is 9.44. The monoisotopic (exact) mass is 376 g/mol. The fourth-order valence-electron chi connectivity index (χ4n) is 2.88. The predicted molar refractivity (Wildman–Crippen MR) is 114 cm³/mol. The molecular formula is C23H28N4O. The van der Waals surface area contributed by atoms with Crippen LogP contribution >= 0.6 is 0 Å². The van der Waals surface area contributed by atoms with E-state index >= 15 is 0 Å². The zero-order valence-electron chi connectivity index (χ0n) is 17.5. The van der Waals surface area contributed by atoms with E-state index in [4.69, 9.17) is 4.99 Å². The van der Waals surface area contributed by atoms with Crippen molar-refractivity contribution in [3.05, 3.63) is 76.9 Å². The van der Waals surface area contributed by atoms with Crippen LogP contribution in [0.1, 0.15) is 56.0 Å². The lowest BCUT2D eigenvalue weighted by Crippen LogP contribution is -2.08. The number of aryl methyl sites for hydroxylation is 2. The molecule has 0 atom stereocenters. The van der Waals surface area contributed by atoms with Gasteiger partial charge < -0.3 is 4.79 Å². The van der Waals surface area contributed by atoms with Crippen molar-refractivity contribution in [3.63, 3.8) is 0 Å². The molecule has 0 unspecified atom stereocenters. The van der Waals surface area contributed by atoms with Crippen LogP contribution in [0.15, 0.2) is 53.5 Å². The maximum Gasteiger partial charge on any atom is 0.159 e. The SMILES string of the molecule is CC.CC(C)=O.Cc1ccc(C2=NCc3nnc(C)n3-c3ccccc32)cc1. The van der Waals surface area contributed by atoms with Crippen molar-refractivity contribution < 1.29 is 4.79 Å². The zero-order chi connectivity index (χ0) is 20.7. The molecule has 0 radical (unpaired) electrons. The molecule has 1 aliphatic rings. The van der Waals surface area contributed by atoms with E-state index in [1.165, 1.54) is 19.4 Å². The molecule has 3 aromatic rings. The number of carbonyl (C=O) groups excluding carboxylic acids is 1. The molecular weight excluding hydrogens is 348 g/mol. The number of benzene rings is 2. The van der Waals surface area contributed by atoms with E-state index in [1.54, 1.807) is 0 Å². The van der Waals surface area contributed by atoms with Gasteiger partial charge in [0.25, 0.3) is 0 Å². The highest BCUT2D eigenvalue weighted by molar-refractivity contribution is 6.15. The van der Waals surface area contributed by atoms with Crippen LogP contribution in [0.4, 0.5) is 0 Å². The average Bonchev–Trinajstić information content (AvgIpc) is 2.96. The molecule has 2 heterocycles. The summed E-state index contributed by atoms with van der Waals surface area (Å²) in [5, 5.41) is 8.46. The summed E-state index contributed by atoms with van der Waals surface area (Å²) in [6, 6.07) is 16.8. The second kappa shape index (κ2) is 9.74. The van der Waals surface area contributed by atoms with Gasteiger partial charge in [-0.05, 0) is 33.8 Å². The van der Waals surface area contributed by atoms with Gasteiger partial charge in [-0.15, -0.1) is 10.2 Å². The van der Waals surface area contributed by atoms with E-state index in [0.29, 0.717) is 6.54 Å². The van der Waals surface area contributed by atoms with E-state index in [9.17, 15) is 4.79 Å².